The molecule has 1 aromatic carbocycles. The van der Waals surface area contributed by atoms with Crippen molar-refractivity contribution in [2.75, 3.05) is 13.7 Å². The molecule has 2 heterocycles. The highest BCUT2D eigenvalue weighted by atomic mass is 35.5. The molecule has 2 atom stereocenters. The summed E-state index contributed by atoms with van der Waals surface area (Å²) < 4.78 is 11.4. The monoisotopic (exact) mass is 346 g/mol. The minimum absolute atomic E-state index is 0.136. The van der Waals surface area contributed by atoms with Crippen LogP contribution in [0.25, 0.3) is 0 Å². The minimum atomic E-state index is 0.136. The summed E-state index contributed by atoms with van der Waals surface area (Å²) in [4.78, 5) is 6.92. The van der Waals surface area contributed by atoms with Crippen molar-refractivity contribution in [3.05, 3.63) is 52.8 Å². The molecular weight excluding hydrogens is 324 g/mol. The van der Waals surface area contributed by atoms with Gasteiger partial charge in [-0.3, -0.25) is 4.90 Å². The second-order valence-electron chi connectivity index (χ2n) is 6.12. The maximum absolute atomic E-state index is 6.15. The smallest absolute Gasteiger partial charge is 0.143 e. The Labute approximate surface area is 148 Å². The maximum Gasteiger partial charge on any atom is 0.143 e. The van der Waals surface area contributed by atoms with Crippen molar-refractivity contribution in [1.82, 2.24) is 9.88 Å². The van der Waals surface area contributed by atoms with Crippen molar-refractivity contribution in [3.63, 3.8) is 0 Å². The summed E-state index contributed by atoms with van der Waals surface area (Å²) in [5, 5.41) is 0.503. The third-order valence-electron chi connectivity index (χ3n) is 4.53. The van der Waals surface area contributed by atoms with Gasteiger partial charge >= 0.3 is 0 Å². The lowest BCUT2D eigenvalue weighted by molar-refractivity contribution is 0.121. The Morgan fingerprint density at radius 3 is 2.67 bits per heavy atom. The summed E-state index contributed by atoms with van der Waals surface area (Å²) in [5.41, 5.74) is 2.15. The predicted molar refractivity (Wildman–Crippen MR) is 95.8 cm³/mol. The number of methoxy groups -OCH3 is 1. The van der Waals surface area contributed by atoms with E-state index in [-0.39, 0.29) is 12.1 Å². The molecular formula is C19H23ClN2O2. The number of rotatable bonds is 4. The van der Waals surface area contributed by atoms with Gasteiger partial charge in [0.15, 0.2) is 0 Å². The predicted octanol–water partition coefficient (Wildman–Crippen LogP) is 4.48. The lowest BCUT2D eigenvalue weighted by atomic mass is 10.1. The Bertz CT molecular complexity index is 690. The van der Waals surface area contributed by atoms with Crippen LogP contribution in [0.1, 0.15) is 37.6 Å². The summed E-state index contributed by atoms with van der Waals surface area (Å²) >= 11 is 6.11. The van der Waals surface area contributed by atoms with Crippen molar-refractivity contribution in [1.29, 1.82) is 0 Å². The number of hydrogen-bond donors (Lipinski definition) is 0. The summed E-state index contributed by atoms with van der Waals surface area (Å²) in [7, 11) is 1.68. The molecule has 2 aromatic rings. The van der Waals surface area contributed by atoms with E-state index in [1.165, 1.54) is 5.56 Å². The largest absolute Gasteiger partial charge is 0.497 e. The second kappa shape index (κ2) is 7.41. The quantitative estimate of drug-likeness (QED) is 0.764. The number of nitrogens with zero attached hydrogens (tertiary/aromatic N) is 2. The number of pyridine rings is 1. The highest BCUT2D eigenvalue weighted by Gasteiger charge is 2.29. The van der Waals surface area contributed by atoms with E-state index in [4.69, 9.17) is 21.1 Å². The number of ether oxygens (including phenoxy) is 2. The zero-order chi connectivity index (χ0) is 17.1. The van der Waals surface area contributed by atoms with Gasteiger partial charge in [0.25, 0.3) is 0 Å². The van der Waals surface area contributed by atoms with E-state index in [1.54, 1.807) is 13.2 Å². The van der Waals surface area contributed by atoms with Crippen LogP contribution in [0.3, 0.4) is 0 Å². The fraction of sp³-hybridized carbons (Fsp3) is 0.421. The van der Waals surface area contributed by atoms with Crippen LogP contribution in [0, 0.1) is 0 Å². The van der Waals surface area contributed by atoms with Crippen molar-refractivity contribution in [2.45, 2.75) is 39.0 Å². The van der Waals surface area contributed by atoms with Gasteiger partial charge in [0, 0.05) is 13.1 Å². The molecule has 0 fully saturated rings. The maximum atomic E-state index is 6.15. The van der Waals surface area contributed by atoms with E-state index in [0.717, 1.165) is 36.7 Å². The lowest BCUT2D eigenvalue weighted by Crippen LogP contribution is -2.34. The topological polar surface area (TPSA) is 34.6 Å². The number of benzene rings is 1. The van der Waals surface area contributed by atoms with Crippen molar-refractivity contribution < 1.29 is 9.47 Å². The van der Waals surface area contributed by atoms with Gasteiger partial charge in [-0.15, -0.1) is 0 Å². The van der Waals surface area contributed by atoms with Crippen LogP contribution in [-0.2, 0) is 6.54 Å². The van der Waals surface area contributed by atoms with Crippen LogP contribution < -0.4 is 9.47 Å². The first-order valence-electron chi connectivity index (χ1n) is 8.30. The molecule has 1 aromatic heterocycles. The fourth-order valence-corrected chi connectivity index (χ4v) is 3.18. The van der Waals surface area contributed by atoms with E-state index in [1.807, 2.05) is 18.2 Å². The molecule has 4 nitrogen and oxygen atoms in total. The van der Waals surface area contributed by atoms with Crippen LogP contribution in [0.4, 0.5) is 0 Å². The zero-order valence-corrected chi connectivity index (χ0v) is 15.1. The van der Waals surface area contributed by atoms with Gasteiger partial charge in [0.2, 0.25) is 0 Å². The number of fused-ring (bicyclic) bond motifs is 1. The first kappa shape index (κ1) is 17.1. The Morgan fingerprint density at radius 2 is 2.00 bits per heavy atom. The first-order valence-corrected chi connectivity index (χ1v) is 8.68. The molecule has 1 aliphatic heterocycles. The Morgan fingerprint density at radius 1 is 1.25 bits per heavy atom. The molecule has 5 heteroatoms. The van der Waals surface area contributed by atoms with E-state index in [9.17, 15) is 0 Å². The van der Waals surface area contributed by atoms with Gasteiger partial charge in [-0.05, 0) is 43.2 Å². The van der Waals surface area contributed by atoms with Gasteiger partial charge in [-0.25, -0.2) is 4.98 Å². The molecule has 0 aliphatic carbocycles. The van der Waals surface area contributed by atoms with Gasteiger partial charge < -0.3 is 9.47 Å². The Kier molecular flexibility index (Phi) is 5.27. The van der Waals surface area contributed by atoms with Crippen LogP contribution >= 0.6 is 11.6 Å². The zero-order valence-electron chi connectivity index (χ0n) is 14.3. The third kappa shape index (κ3) is 3.65. The minimum Gasteiger partial charge on any atom is -0.497 e. The normalized spacial score (nSPS) is 20.8. The number of aromatic nitrogens is 1. The average Bonchev–Trinajstić information content (AvgIpc) is 2.73. The first-order chi connectivity index (χ1) is 11.6. The molecule has 0 amide bonds. The molecule has 0 spiro atoms. The standard InChI is InChI=1S/C19H23ClN2O2/c1-4-15-12-22(11-14-5-7-16(23-3)8-6-14)13(2)19-17(24-15)9-10-18(20)21-19/h5-10,13,15H,4,11-12H2,1-3H3/t13-,15+/m0/s1. The molecule has 128 valence electrons. The molecule has 0 radical (unpaired) electrons. The third-order valence-corrected chi connectivity index (χ3v) is 4.74. The van der Waals surface area contributed by atoms with Crippen LogP contribution in [0.15, 0.2) is 36.4 Å². The van der Waals surface area contributed by atoms with Gasteiger partial charge in [0.05, 0.1) is 13.2 Å². The summed E-state index contributed by atoms with van der Waals surface area (Å²) in [6, 6.07) is 12.1. The molecule has 0 saturated carbocycles. The Balaban J connectivity index is 1.87. The van der Waals surface area contributed by atoms with Crippen LogP contribution in [-0.4, -0.2) is 29.6 Å². The average molecular weight is 347 g/mol. The van der Waals surface area contributed by atoms with Gasteiger partial charge in [-0.2, -0.15) is 0 Å². The molecule has 3 rings (SSSR count). The molecule has 0 bridgehead atoms. The van der Waals surface area contributed by atoms with E-state index in [2.05, 4.69) is 35.9 Å². The van der Waals surface area contributed by atoms with Gasteiger partial charge in [-0.1, -0.05) is 30.7 Å². The fourth-order valence-electron chi connectivity index (χ4n) is 3.03. The number of halogens is 1. The molecule has 1 aliphatic rings. The van der Waals surface area contributed by atoms with Gasteiger partial charge in [0.1, 0.15) is 28.5 Å². The van der Waals surface area contributed by atoms with Crippen molar-refractivity contribution >= 4 is 11.6 Å². The van der Waals surface area contributed by atoms with Crippen LogP contribution in [0.2, 0.25) is 5.15 Å². The molecule has 0 saturated heterocycles. The highest BCUT2D eigenvalue weighted by molar-refractivity contribution is 6.29. The van der Waals surface area contributed by atoms with Crippen molar-refractivity contribution in [2.24, 2.45) is 0 Å². The van der Waals surface area contributed by atoms with Crippen molar-refractivity contribution in [3.8, 4) is 11.5 Å². The Hall–Kier alpha value is -1.78. The molecule has 24 heavy (non-hydrogen) atoms. The molecule has 0 N–H and O–H groups in total. The highest BCUT2D eigenvalue weighted by Crippen LogP contribution is 2.34. The summed E-state index contributed by atoms with van der Waals surface area (Å²) in [6.45, 7) is 6.00. The van der Waals surface area contributed by atoms with Crippen LogP contribution in [0.5, 0.6) is 11.5 Å². The van der Waals surface area contributed by atoms with E-state index in [0.29, 0.717) is 5.15 Å². The van der Waals surface area contributed by atoms with E-state index < -0.39 is 0 Å². The van der Waals surface area contributed by atoms with E-state index >= 15 is 0 Å². The summed E-state index contributed by atoms with van der Waals surface area (Å²) in [5.74, 6) is 1.72. The summed E-state index contributed by atoms with van der Waals surface area (Å²) in [6.07, 6.45) is 1.10. The number of hydrogen-bond acceptors (Lipinski definition) is 4. The lowest BCUT2D eigenvalue weighted by Gasteiger charge is -2.28. The molecule has 0 unspecified atom stereocenters. The second-order valence-corrected chi connectivity index (χ2v) is 6.51. The SMILES string of the molecule is CC[C@@H]1CN(Cc2ccc(OC)cc2)[C@@H](C)c2nc(Cl)ccc2O1.